The van der Waals surface area contributed by atoms with Gasteiger partial charge in [0.1, 0.15) is 0 Å². The van der Waals surface area contributed by atoms with E-state index in [9.17, 15) is 0 Å². The molecule has 138 valence electrons. The lowest BCUT2D eigenvalue weighted by Gasteiger charge is -2.26. The van der Waals surface area contributed by atoms with Crippen LogP contribution in [0.25, 0.3) is 21.5 Å². The second-order valence-electron chi connectivity index (χ2n) is 7.55. The van der Waals surface area contributed by atoms with E-state index in [-0.39, 0.29) is 0 Å². The van der Waals surface area contributed by atoms with E-state index in [4.69, 9.17) is 14.2 Å². The molecule has 0 radical (unpaired) electrons. The lowest BCUT2D eigenvalue weighted by molar-refractivity contribution is -0.870. The molecule has 3 rings (SSSR count). The third-order valence-corrected chi connectivity index (χ3v) is 4.81. The molecule has 0 heterocycles. The van der Waals surface area contributed by atoms with Gasteiger partial charge in [0.25, 0.3) is 0 Å². The molecular formula is C22H28NO3+. The zero-order valence-corrected chi connectivity index (χ0v) is 16.6. The number of methoxy groups -OCH3 is 3. The summed E-state index contributed by atoms with van der Waals surface area (Å²) in [5, 5.41) is 4.59. The summed E-state index contributed by atoms with van der Waals surface area (Å²) in [4.78, 5) is 0. The van der Waals surface area contributed by atoms with Crippen LogP contribution in [0.5, 0.6) is 17.2 Å². The Morgan fingerprint density at radius 1 is 0.731 bits per heavy atom. The smallest absolute Gasteiger partial charge is 0.204 e. The molecule has 0 bridgehead atoms. The minimum absolute atomic E-state index is 0.662. The van der Waals surface area contributed by atoms with Crippen LogP contribution in [-0.2, 0) is 6.42 Å². The highest BCUT2D eigenvalue weighted by Gasteiger charge is 2.24. The fourth-order valence-corrected chi connectivity index (χ4v) is 3.54. The van der Waals surface area contributed by atoms with Gasteiger partial charge in [-0.25, -0.2) is 0 Å². The van der Waals surface area contributed by atoms with E-state index < -0.39 is 0 Å². The molecule has 3 aromatic rings. The van der Waals surface area contributed by atoms with Crippen molar-refractivity contribution in [1.82, 2.24) is 0 Å². The van der Waals surface area contributed by atoms with Gasteiger partial charge >= 0.3 is 0 Å². The first-order valence-corrected chi connectivity index (χ1v) is 8.84. The van der Waals surface area contributed by atoms with Crippen LogP contribution in [0.15, 0.2) is 36.4 Å². The first kappa shape index (κ1) is 18.3. The number of rotatable bonds is 6. The summed E-state index contributed by atoms with van der Waals surface area (Å²) < 4.78 is 18.2. The fraction of sp³-hybridized carbons (Fsp3) is 0.364. The van der Waals surface area contributed by atoms with E-state index >= 15 is 0 Å². The Morgan fingerprint density at radius 2 is 1.38 bits per heavy atom. The molecule has 0 amide bonds. The van der Waals surface area contributed by atoms with Gasteiger partial charge in [-0.15, -0.1) is 0 Å². The molecule has 0 aromatic heterocycles. The molecule has 0 unspecified atom stereocenters. The monoisotopic (exact) mass is 354 g/mol. The number of hydrogen-bond acceptors (Lipinski definition) is 3. The Bertz CT molecular complexity index is 942. The summed E-state index contributed by atoms with van der Waals surface area (Å²) in [5.74, 6) is 2.15. The molecule has 3 aromatic carbocycles. The van der Waals surface area contributed by atoms with Crippen molar-refractivity contribution in [2.45, 2.75) is 6.42 Å². The molecule has 0 saturated carbocycles. The zero-order chi connectivity index (χ0) is 18.9. The number of fused-ring (bicyclic) bond motifs is 3. The van der Waals surface area contributed by atoms with Crippen molar-refractivity contribution in [2.75, 3.05) is 49.0 Å². The molecule has 0 saturated heterocycles. The predicted octanol–water partition coefficient (Wildman–Crippen LogP) is 4.27. The highest BCUT2D eigenvalue weighted by atomic mass is 16.5. The van der Waals surface area contributed by atoms with Gasteiger partial charge in [0, 0.05) is 17.4 Å². The van der Waals surface area contributed by atoms with Crippen LogP contribution in [0.1, 0.15) is 5.56 Å². The molecule has 4 nitrogen and oxygen atoms in total. The lowest BCUT2D eigenvalue weighted by atomic mass is 9.94. The first-order valence-electron chi connectivity index (χ1n) is 8.84. The van der Waals surface area contributed by atoms with Crippen LogP contribution >= 0.6 is 0 Å². The maximum Gasteiger partial charge on any atom is 0.204 e. The molecule has 0 spiro atoms. The molecule has 0 aliphatic rings. The average molecular weight is 354 g/mol. The third-order valence-electron chi connectivity index (χ3n) is 4.81. The second-order valence-corrected chi connectivity index (χ2v) is 7.55. The van der Waals surface area contributed by atoms with Crippen LogP contribution in [0.4, 0.5) is 0 Å². The predicted molar refractivity (Wildman–Crippen MR) is 108 cm³/mol. The molecule has 0 aliphatic carbocycles. The Hall–Kier alpha value is -2.46. The van der Waals surface area contributed by atoms with E-state index in [1.165, 1.54) is 10.9 Å². The minimum atomic E-state index is 0.662. The Kier molecular flexibility index (Phi) is 4.97. The van der Waals surface area contributed by atoms with Gasteiger partial charge in [-0.05, 0) is 16.2 Å². The van der Waals surface area contributed by atoms with Crippen molar-refractivity contribution in [1.29, 1.82) is 0 Å². The first-order chi connectivity index (χ1) is 12.4. The summed E-state index contributed by atoms with van der Waals surface area (Å²) in [7, 11) is 11.6. The van der Waals surface area contributed by atoms with Crippen molar-refractivity contribution in [3.8, 4) is 17.2 Å². The zero-order valence-electron chi connectivity index (χ0n) is 16.6. The van der Waals surface area contributed by atoms with Crippen LogP contribution < -0.4 is 14.2 Å². The van der Waals surface area contributed by atoms with Gasteiger partial charge in [-0.1, -0.05) is 36.4 Å². The van der Waals surface area contributed by atoms with E-state index in [2.05, 4.69) is 57.5 Å². The highest BCUT2D eigenvalue weighted by molar-refractivity contribution is 6.13. The SMILES string of the molecule is COc1c(OC)c(OC)c2c(ccc3ccccc32)c1CC[N+](C)(C)C. The maximum atomic E-state index is 5.79. The van der Waals surface area contributed by atoms with Crippen molar-refractivity contribution in [3.63, 3.8) is 0 Å². The van der Waals surface area contributed by atoms with E-state index in [1.807, 2.05) is 0 Å². The maximum absolute atomic E-state index is 5.79. The van der Waals surface area contributed by atoms with Gasteiger partial charge < -0.3 is 18.7 Å². The summed E-state index contributed by atoms with van der Waals surface area (Å²) in [5.41, 5.74) is 1.17. The van der Waals surface area contributed by atoms with Crippen molar-refractivity contribution in [3.05, 3.63) is 42.0 Å². The number of likely N-dealkylation sites (N-methyl/N-ethyl adjacent to an activating group) is 1. The number of hydrogen-bond donors (Lipinski definition) is 0. The number of nitrogens with zero attached hydrogens (tertiary/aromatic N) is 1. The summed E-state index contributed by atoms with van der Waals surface area (Å²) in [6.45, 7) is 0.994. The second kappa shape index (κ2) is 7.04. The highest BCUT2D eigenvalue weighted by Crippen LogP contribution is 2.49. The summed E-state index contributed by atoms with van der Waals surface area (Å²) in [6.07, 6.45) is 0.891. The van der Waals surface area contributed by atoms with E-state index in [0.29, 0.717) is 5.75 Å². The van der Waals surface area contributed by atoms with Gasteiger partial charge in [0.2, 0.25) is 5.75 Å². The lowest BCUT2D eigenvalue weighted by Crippen LogP contribution is -2.36. The molecule has 0 N–H and O–H groups in total. The number of benzene rings is 3. The Balaban J connectivity index is 2.42. The summed E-state index contributed by atoms with van der Waals surface area (Å²) in [6, 6.07) is 12.7. The van der Waals surface area contributed by atoms with Crippen molar-refractivity contribution >= 4 is 21.5 Å². The summed E-state index contributed by atoms with van der Waals surface area (Å²) >= 11 is 0. The topological polar surface area (TPSA) is 27.7 Å². The Morgan fingerprint density at radius 3 is 2.00 bits per heavy atom. The quantitative estimate of drug-likeness (QED) is 0.489. The number of quaternary nitrogens is 1. The van der Waals surface area contributed by atoms with Crippen LogP contribution in [0.2, 0.25) is 0 Å². The fourth-order valence-electron chi connectivity index (χ4n) is 3.54. The largest absolute Gasteiger partial charge is 0.492 e. The molecule has 26 heavy (non-hydrogen) atoms. The third kappa shape index (κ3) is 3.17. The van der Waals surface area contributed by atoms with Crippen LogP contribution in [0.3, 0.4) is 0 Å². The molecular weight excluding hydrogens is 326 g/mol. The van der Waals surface area contributed by atoms with Crippen LogP contribution in [0, 0.1) is 0 Å². The molecule has 4 heteroatoms. The van der Waals surface area contributed by atoms with Crippen molar-refractivity contribution < 1.29 is 18.7 Å². The van der Waals surface area contributed by atoms with E-state index in [1.54, 1.807) is 21.3 Å². The van der Waals surface area contributed by atoms with Gasteiger partial charge in [-0.3, -0.25) is 0 Å². The standard InChI is InChI=1S/C22H28NO3/c1-23(2,3)14-13-18-17-12-11-15-9-7-8-10-16(15)19(17)21(25-5)22(26-6)20(18)24-4/h7-12H,13-14H2,1-6H3/q+1. The van der Waals surface area contributed by atoms with Crippen molar-refractivity contribution in [2.24, 2.45) is 0 Å². The molecule has 0 atom stereocenters. The average Bonchev–Trinajstić information content (AvgIpc) is 2.63. The van der Waals surface area contributed by atoms with Gasteiger partial charge in [0.05, 0.1) is 49.0 Å². The molecule has 0 fully saturated rings. The van der Waals surface area contributed by atoms with Crippen LogP contribution in [-0.4, -0.2) is 53.5 Å². The Labute approximate surface area is 155 Å². The normalized spacial score (nSPS) is 11.8. The van der Waals surface area contributed by atoms with Gasteiger partial charge in [0.15, 0.2) is 11.5 Å². The number of ether oxygens (including phenoxy) is 3. The minimum Gasteiger partial charge on any atom is -0.492 e. The molecule has 0 aliphatic heterocycles. The van der Waals surface area contributed by atoms with Gasteiger partial charge in [-0.2, -0.15) is 0 Å². The van der Waals surface area contributed by atoms with E-state index in [0.717, 1.165) is 45.1 Å².